The van der Waals surface area contributed by atoms with Crippen molar-refractivity contribution in [2.75, 3.05) is 0 Å². The van der Waals surface area contributed by atoms with Gasteiger partial charge < -0.3 is 0 Å². The Balaban J connectivity index is 1.82. The van der Waals surface area contributed by atoms with Crippen LogP contribution < -0.4 is 0 Å². The summed E-state index contributed by atoms with van der Waals surface area (Å²) in [7, 11) is 0. The smallest absolute Gasteiger partial charge is 0.124 e. The van der Waals surface area contributed by atoms with Crippen molar-refractivity contribution < 1.29 is 0 Å². The van der Waals surface area contributed by atoms with Gasteiger partial charge in [0, 0.05) is 5.56 Å². The Kier molecular flexibility index (Phi) is 3.02. The van der Waals surface area contributed by atoms with Gasteiger partial charge >= 0.3 is 0 Å². The molecule has 0 N–H and O–H groups in total. The van der Waals surface area contributed by atoms with Crippen molar-refractivity contribution in [3.8, 4) is 21.7 Å². The van der Waals surface area contributed by atoms with Crippen molar-refractivity contribution in [1.29, 1.82) is 0 Å². The summed E-state index contributed by atoms with van der Waals surface area (Å²) in [4.78, 5) is 4.74. The minimum absolute atomic E-state index is 1.07. The van der Waals surface area contributed by atoms with Crippen LogP contribution >= 0.6 is 11.3 Å². The lowest BCUT2D eigenvalue weighted by atomic mass is 10.0. The number of thiazole rings is 1. The molecule has 4 aromatic rings. The monoisotopic (exact) mass is 287 g/mol. The molecular formula is C19H13NS. The van der Waals surface area contributed by atoms with Gasteiger partial charge in [-0.2, -0.15) is 0 Å². The number of benzene rings is 3. The fraction of sp³-hybridized carbons (Fsp3) is 0. The van der Waals surface area contributed by atoms with Gasteiger partial charge in [-0.3, -0.25) is 0 Å². The van der Waals surface area contributed by atoms with Gasteiger partial charge in [0.2, 0.25) is 0 Å². The number of nitrogens with zero attached hydrogens (tertiary/aromatic N) is 1. The summed E-state index contributed by atoms with van der Waals surface area (Å²) in [6.07, 6.45) is 0. The molecule has 0 aliphatic carbocycles. The van der Waals surface area contributed by atoms with Crippen molar-refractivity contribution in [2.45, 2.75) is 0 Å². The highest BCUT2D eigenvalue weighted by Crippen LogP contribution is 2.32. The van der Waals surface area contributed by atoms with E-state index in [-0.39, 0.29) is 0 Å². The molecule has 3 aromatic carbocycles. The molecule has 1 heterocycles. The van der Waals surface area contributed by atoms with Crippen LogP contribution in [0.5, 0.6) is 0 Å². The van der Waals surface area contributed by atoms with Crippen molar-refractivity contribution >= 4 is 21.6 Å². The van der Waals surface area contributed by atoms with Gasteiger partial charge in [-0.25, -0.2) is 4.98 Å². The summed E-state index contributed by atoms with van der Waals surface area (Å²) >= 11 is 1.74. The normalized spacial score (nSPS) is 10.9. The van der Waals surface area contributed by atoms with E-state index in [2.05, 4.69) is 66.7 Å². The minimum atomic E-state index is 1.07. The second kappa shape index (κ2) is 5.15. The van der Waals surface area contributed by atoms with Crippen LogP contribution in [-0.2, 0) is 0 Å². The Hall–Kier alpha value is -2.45. The van der Waals surface area contributed by atoms with Crippen LogP contribution in [0.2, 0.25) is 0 Å². The van der Waals surface area contributed by atoms with Crippen LogP contribution in [0.15, 0.2) is 78.9 Å². The molecule has 0 bridgehead atoms. The molecule has 21 heavy (non-hydrogen) atoms. The number of hydrogen-bond acceptors (Lipinski definition) is 2. The van der Waals surface area contributed by atoms with E-state index >= 15 is 0 Å². The van der Waals surface area contributed by atoms with Crippen molar-refractivity contribution in [1.82, 2.24) is 4.98 Å². The van der Waals surface area contributed by atoms with Gasteiger partial charge in [0.15, 0.2) is 0 Å². The number of hydrogen-bond donors (Lipinski definition) is 0. The highest BCUT2D eigenvalue weighted by molar-refractivity contribution is 7.21. The summed E-state index contributed by atoms with van der Waals surface area (Å²) in [5.74, 6) is 0. The molecular weight excluding hydrogens is 274 g/mol. The lowest BCUT2D eigenvalue weighted by molar-refractivity contribution is 1.47. The topological polar surface area (TPSA) is 12.9 Å². The zero-order valence-electron chi connectivity index (χ0n) is 11.4. The quantitative estimate of drug-likeness (QED) is 0.465. The van der Waals surface area contributed by atoms with Crippen LogP contribution in [0.4, 0.5) is 0 Å². The molecule has 0 spiro atoms. The molecule has 0 radical (unpaired) electrons. The van der Waals surface area contributed by atoms with Gasteiger partial charge in [-0.15, -0.1) is 11.3 Å². The third-order valence-corrected chi connectivity index (χ3v) is 4.60. The van der Waals surface area contributed by atoms with E-state index in [0.717, 1.165) is 10.5 Å². The first-order chi connectivity index (χ1) is 10.4. The number of rotatable bonds is 2. The highest BCUT2D eigenvalue weighted by atomic mass is 32.1. The largest absolute Gasteiger partial charge is 0.236 e. The molecule has 1 aromatic heterocycles. The molecule has 0 unspecified atom stereocenters. The Morgan fingerprint density at radius 3 is 2.19 bits per heavy atom. The van der Waals surface area contributed by atoms with E-state index in [9.17, 15) is 0 Å². The SMILES string of the molecule is c1ccc(-c2cccc(-c3nc4ccccc4s3)c2)cc1. The molecule has 1 nitrogen and oxygen atoms in total. The summed E-state index contributed by atoms with van der Waals surface area (Å²) in [6.45, 7) is 0. The average molecular weight is 287 g/mol. The van der Waals surface area contributed by atoms with E-state index in [4.69, 9.17) is 4.98 Å². The zero-order chi connectivity index (χ0) is 14.1. The van der Waals surface area contributed by atoms with Gasteiger partial charge in [-0.05, 0) is 29.3 Å². The number of fused-ring (bicyclic) bond motifs is 1. The Morgan fingerprint density at radius 1 is 0.619 bits per heavy atom. The van der Waals surface area contributed by atoms with Crippen LogP contribution in [0.25, 0.3) is 31.9 Å². The molecule has 0 amide bonds. The molecule has 100 valence electrons. The zero-order valence-corrected chi connectivity index (χ0v) is 12.2. The van der Waals surface area contributed by atoms with Crippen LogP contribution in [0, 0.1) is 0 Å². The Labute approximate surface area is 127 Å². The van der Waals surface area contributed by atoms with Crippen LogP contribution in [-0.4, -0.2) is 4.98 Å². The predicted octanol–water partition coefficient (Wildman–Crippen LogP) is 5.63. The minimum Gasteiger partial charge on any atom is -0.236 e. The fourth-order valence-electron chi connectivity index (χ4n) is 2.46. The third kappa shape index (κ3) is 2.34. The summed E-state index contributed by atoms with van der Waals surface area (Å²) in [5, 5.41) is 1.08. The molecule has 4 rings (SSSR count). The van der Waals surface area contributed by atoms with E-state index in [1.165, 1.54) is 21.4 Å². The predicted molar refractivity (Wildman–Crippen MR) is 90.5 cm³/mol. The van der Waals surface area contributed by atoms with E-state index in [1.807, 2.05) is 12.1 Å². The van der Waals surface area contributed by atoms with E-state index in [1.54, 1.807) is 11.3 Å². The third-order valence-electron chi connectivity index (χ3n) is 3.51. The summed E-state index contributed by atoms with van der Waals surface area (Å²) < 4.78 is 1.23. The van der Waals surface area contributed by atoms with Crippen molar-refractivity contribution in [3.63, 3.8) is 0 Å². The fourth-order valence-corrected chi connectivity index (χ4v) is 3.42. The van der Waals surface area contributed by atoms with Crippen LogP contribution in [0.3, 0.4) is 0 Å². The first-order valence-electron chi connectivity index (χ1n) is 6.91. The van der Waals surface area contributed by atoms with Gasteiger partial charge in [-0.1, -0.05) is 60.7 Å². The van der Waals surface area contributed by atoms with Gasteiger partial charge in [0.1, 0.15) is 5.01 Å². The van der Waals surface area contributed by atoms with Crippen LogP contribution in [0.1, 0.15) is 0 Å². The standard InChI is InChI=1S/C19H13NS/c1-2-7-14(8-3-1)15-9-6-10-16(13-15)19-20-17-11-4-5-12-18(17)21-19/h1-13H. The lowest BCUT2D eigenvalue weighted by Gasteiger charge is -2.03. The maximum atomic E-state index is 4.74. The maximum Gasteiger partial charge on any atom is 0.124 e. The molecule has 2 heteroatoms. The lowest BCUT2D eigenvalue weighted by Crippen LogP contribution is -1.80. The van der Waals surface area contributed by atoms with Crippen molar-refractivity contribution in [3.05, 3.63) is 78.9 Å². The molecule has 0 atom stereocenters. The summed E-state index contributed by atoms with van der Waals surface area (Å²) in [6, 6.07) is 27.3. The molecule has 0 fully saturated rings. The first kappa shape index (κ1) is 12.3. The van der Waals surface area contributed by atoms with Crippen molar-refractivity contribution in [2.24, 2.45) is 0 Å². The second-order valence-electron chi connectivity index (χ2n) is 4.93. The maximum absolute atomic E-state index is 4.74. The number of para-hydroxylation sites is 1. The average Bonchev–Trinajstić information content (AvgIpc) is 3.00. The van der Waals surface area contributed by atoms with Gasteiger partial charge in [0.05, 0.1) is 10.2 Å². The Morgan fingerprint density at radius 2 is 1.33 bits per heavy atom. The Bertz CT molecular complexity index is 861. The highest BCUT2D eigenvalue weighted by Gasteiger charge is 2.06. The molecule has 0 aliphatic heterocycles. The first-order valence-corrected chi connectivity index (χ1v) is 7.73. The molecule has 0 saturated heterocycles. The van der Waals surface area contributed by atoms with E-state index in [0.29, 0.717) is 0 Å². The van der Waals surface area contributed by atoms with Gasteiger partial charge in [0.25, 0.3) is 0 Å². The summed E-state index contributed by atoms with van der Waals surface area (Å²) in [5.41, 5.74) is 4.72. The molecule has 0 saturated carbocycles. The molecule has 0 aliphatic rings. The van der Waals surface area contributed by atoms with E-state index < -0.39 is 0 Å². The number of aromatic nitrogens is 1. The second-order valence-corrected chi connectivity index (χ2v) is 5.96.